The number of anilines is 1. The minimum absolute atomic E-state index is 0.00794. The van der Waals surface area contributed by atoms with Crippen molar-refractivity contribution in [1.82, 2.24) is 14.7 Å². The van der Waals surface area contributed by atoms with Crippen molar-refractivity contribution in [2.75, 3.05) is 31.6 Å². The summed E-state index contributed by atoms with van der Waals surface area (Å²) in [5, 5.41) is 7.17. The van der Waals surface area contributed by atoms with Crippen molar-refractivity contribution in [2.24, 2.45) is 0 Å². The molecule has 41 heavy (non-hydrogen) atoms. The number of nitrogens with one attached hydrogen (secondary N) is 1. The van der Waals surface area contributed by atoms with Crippen LogP contribution in [-0.4, -0.2) is 58.8 Å². The molecule has 0 radical (unpaired) electrons. The Bertz CT molecular complexity index is 1470. The van der Waals surface area contributed by atoms with Gasteiger partial charge in [0.15, 0.2) is 11.5 Å². The first-order valence-corrected chi connectivity index (χ1v) is 13.6. The minimum atomic E-state index is -0.728. The van der Waals surface area contributed by atoms with Crippen LogP contribution in [-0.2, 0) is 16.1 Å². The molecule has 2 aliphatic heterocycles. The van der Waals surface area contributed by atoms with Crippen LogP contribution >= 0.6 is 11.6 Å². The van der Waals surface area contributed by atoms with Crippen molar-refractivity contribution >= 4 is 29.5 Å². The third-order valence-corrected chi connectivity index (χ3v) is 6.76. The molecule has 13 heteroatoms. The number of carbonyl (C=O) groups is 2. The summed E-state index contributed by atoms with van der Waals surface area (Å²) in [6.45, 7) is 6.78. The topological polar surface area (TPSA) is 134 Å². The lowest BCUT2D eigenvalue weighted by molar-refractivity contribution is 0.0183. The fourth-order valence-electron chi connectivity index (χ4n) is 4.56. The third-order valence-electron chi connectivity index (χ3n) is 6.47. The summed E-state index contributed by atoms with van der Waals surface area (Å²) >= 11 is 6.55. The highest BCUT2D eigenvalue weighted by atomic mass is 35.5. The van der Waals surface area contributed by atoms with E-state index in [1.807, 2.05) is 51.1 Å². The van der Waals surface area contributed by atoms with E-state index < -0.39 is 17.5 Å². The number of amides is 2. The molecule has 1 N–H and O–H groups in total. The summed E-state index contributed by atoms with van der Waals surface area (Å²) in [4.78, 5) is 39.4. The number of halogens is 1. The van der Waals surface area contributed by atoms with Gasteiger partial charge in [-0.25, -0.2) is 14.4 Å². The summed E-state index contributed by atoms with van der Waals surface area (Å²) in [6.07, 6.45) is -0.122. The lowest BCUT2D eigenvalue weighted by Gasteiger charge is -2.32. The molecule has 0 bridgehead atoms. The highest BCUT2D eigenvalue weighted by Gasteiger charge is 2.32. The maximum Gasteiger partial charge on any atom is 0.437 e. The van der Waals surface area contributed by atoms with Crippen LogP contribution in [0, 0.1) is 0 Å². The maximum absolute atomic E-state index is 12.8. The normalized spacial score (nSPS) is 15.4. The van der Waals surface area contributed by atoms with Crippen LogP contribution in [0.2, 0.25) is 5.02 Å². The van der Waals surface area contributed by atoms with Gasteiger partial charge in [0, 0.05) is 13.1 Å². The average molecular weight is 587 g/mol. The van der Waals surface area contributed by atoms with Gasteiger partial charge in [-0.15, -0.1) is 5.10 Å². The monoisotopic (exact) mass is 586 g/mol. The molecule has 0 aliphatic carbocycles. The maximum atomic E-state index is 12.8. The Morgan fingerprint density at radius 2 is 1.78 bits per heavy atom. The zero-order valence-corrected chi connectivity index (χ0v) is 23.7. The zero-order valence-electron chi connectivity index (χ0n) is 23.0. The van der Waals surface area contributed by atoms with Crippen LogP contribution in [0.15, 0.2) is 45.6 Å². The number of likely N-dealkylation sites (tertiary alicyclic amines) is 1. The van der Waals surface area contributed by atoms with Crippen molar-refractivity contribution in [1.29, 1.82) is 0 Å². The number of nitrogens with zero attached hydrogens (tertiary/aromatic N) is 3. The Balaban J connectivity index is 1.33. The lowest BCUT2D eigenvalue weighted by Crippen LogP contribution is -2.43. The van der Waals surface area contributed by atoms with E-state index in [4.69, 9.17) is 35.0 Å². The van der Waals surface area contributed by atoms with E-state index in [1.165, 1.54) is 10.7 Å². The Labute approximate surface area is 241 Å². The van der Waals surface area contributed by atoms with Gasteiger partial charge in [0.1, 0.15) is 31.1 Å². The molecule has 2 aliphatic rings. The van der Waals surface area contributed by atoms with Crippen molar-refractivity contribution in [3.05, 3.63) is 57.5 Å². The summed E-state index contributed by atoms with van der Waals surface area (Å²) in [7, 11) is 0. The van der Waals surface area contributed by atoms with Crippen LogP contribution in [0.4, 0.5) is 15.3 Å². The number of carbonyl (C=O) groups excluding carboxylic acids is 2. The summed E-state index contributed by atoms with van der Waals surface area (Å²) in [5.41, 5.74) is 0.701. The molecule has 0 saturated carbocycles. The smallest absolute Gasteiger partial charge is 0.437 e. The van der Waals surface area contributed by atoms with Gasteiger partial charge in [0.2, 0.25) is 0 Å². The number of ether oxygens (including phenoxy) is 4. The van der Waals surface area contributed by atoms with Crippen molar-refractivity contribution in [3.8, 4) is 23.0 Å². The van der Waals surface area contributed by atoms with Crippen LogP contribution in [0.5, 0.6) is 11.5 Å². The molecular formula is C28H31ClN4O8. The number of hydrogen-bond acceptors (Lipinski definition) is 9. The highest BCUT2D eigenvalue weighted by molar-refractivity contribution is 6.34. The Morgan fingerprint density at radius 1 is 1.10 bits per heavy atom. The van der Waals surface area contributed by atoms with E-state index in [0.717, 1.165) is 5.56 Å². The first kappa shape index (κ1) is 28.3. The summed E-state index contributed by atoms with van der Waals surface area (Å²) in [5.74, 6) is -0.249. The van der Waals surface area contributed by atoms with Crippen LogP contribution in [0.1, 0.15) is 45.2 Å². The second-order valence-electron chi connectivity index (χ2n) is 10.6. The van der Waals surface area contributed by atoms with Crippen LogP contribution in [0.3, 0.4) is 0 Å². The van der Waals surface area contributed by atoms with Gasteiger partial charge in [0.25, 0.3) is 5.89 Å². The Hall–Kier alpha value is -4.19. The summed E-state index contributed by atoms with van der Waals surface area (Å²) < 4.78 is 29.2. The van der Waals surface area contributed by atoms with E-state index >= 15 is 0 Å². The molecule has 5 rings (SSSR count). The second-order valence-corrected chi connectivity index (χ2v) is 11.0. The number of aromatic nitrogens is 2. The van der Waals surface area contributed by atoms with Gasteiger partial charge in [-0.1, -0.05) is 41.9 Å². The highest BCUT2D eigenvalue weighted by Crippen LogP contribution is 2.48. The Morgan fingerprint density at radius 3 is 2.46 bits per heavy atom. The quantitative estimate of drug-likeness (QED) is 0.425. The molecule has 3 aromatic rings. The number of piperidine rings is 1. The minimum Gasteiger partial charge on any atom is -0.485 e. The van der Waals surface area contributed by atoms with Gasteiger partial charge >= 0.3 is 17.9 Å². The molecule has 1 aromatic heterocycles. The fourth-order valence-corrected chi connectivity index (χ4v) is 4.80. The van der Waals surface area contributed by atoms with E-state index in [2.05, 4.69) is 10.4 Å². The molecule has 1 fully saturated rings. The predicted octanol–water partition coefficient (Wildman–Crippen LogP) is 5.25. The van der Waals surface area contributed by atoms with Crippen molar-refractivity contribution in [3.63, 3.8) is 0 Å². The number of benzene rings is 2. The van der Waals surface area contributed by atoms with Gasteiger partial charge in [-0.05, 0) is 45.2 Å². The molecule has 12 nitrogen and oxygen atoms in total. The molecule has 3 heterocycles. The first-order chi connectivity index (χ1) is 19.6. The van der Waals surface area contributed by atoms with Gasteiger partial charge in [-0.3, -0.25) is 5.32 Å². The number of rotatable bonds is 5. The number of fused-ring (bicyclic) bond motifs is 1. The van der Waals surface area contributed by atoms with E-state index in [-0.39, 0.29) is 60.1 Å². The third kappa shape index (κ3) is 6.59. The van der Waals surface area contributed by atoms with Gasteiger partial charge < -0.3 is 28.3 Å². The van der Waals surface area contributed by atoms with Gasteiger partial charge in [0.05, 0.1) is 16.6 Å². The SMILES string of the molecule is CC(C)(C)OC(=O)N1CCC(n2nc(-c3cc(Cl)c(NC(=O)OCc4ccccc4)c4c3OCCO4)oc2=O)CC1. The molecule has 2 aromatic carbocycles. The summed E-state index contributed by atoms with van der Waals surface area (Å²) in [6, 6.07) is 10.5. The molecular weight excluding hydrogens is 556 g/mol. The molecule has 2 amide bonds. The predicted molar refractivity (Wildman–Crippen MR) is 149 cm³/mol. The second kappa shape index (κ2) is 11.7. The van der Waals surface area contributed by atoms with Crippen LogP contribution < -0.4 is 20.5 Å². The van der Waals surface area contributed by atoms with Crippen molar-refractivity contribution < 1.29 is 33.0 Å². The van der Waals surface area contributed by atoms with E-state index in [1.54, 1.807) is 4.90 Å². The van der Waals surface area contributed by atoms with E-state index in [0.29, 0.717) is 31.5 Å². The Kier molecular flexibility index (Phi) is 8.11. The molecule has 0 spiro atoms. The molecule has 0 atom stereocenters. The average Bonchev–Trinajstić information content (AvgIpc) is 3.34. The van der Waals surface area contributed by atoms with Crippen molar-refractivity contribution in [2.45, 2.75) is 51.9 Å². The zero-order chi connectivity index (χ0) is 29.1. The largest absolute Gasteiger partial charge is 0.485 e. The number of hydrogen-bond donors (Lipinski definition) is 1. The molecule has 0 unspecified atom stereocenters. The van der Waals surface area contributed by atoms with E-state index in [9.17, 15) is 14.4 Å². The first-order valence-electron chi connectivity index (χ1n) is 13.3. The standard InChI is InChI=1S/C28H31ClN4O8/c1-28(2,3)41-26(35)32-11-9-18(10-12-32)33-27(36)40-24(31-33)19-15-20(29)21(23-22(19)37-13-14-38-23)30-25(34)39-16-17-7-5-4-6-8-17/h4-8,15,18H,9-14,16H2,1-3H3,(H,30,34). The van der Waals surface area contributed by atoms with Gasteiger partial charge in [-0.2, -0.15) is 4.68 Å². The molecule has 218 valence electrons. The molecule has 1 saturated heterocycles. The fraction of sp³-hybridized carbons (Fsp3) is 0.429. The van der Waals surface area contributed by atoms with Crippen LogP contribution in [0.25, 0.3) is 11.5 Å². The lowest BCUT2D eigenvalue weighted by atomic mass is 10.1.